The van der Waals surface area contributed by atoms with Gasteiger partial charge in [-0.25, -0.2) is 0 Å². The molecule has 0 N–H and O–H groups in total. The van der Waals surface area contributed by atoms with E-state index in [2.05, 4.69) is 58.1 Å². The van der Waals surface area contributed by atoms with E-state index in [0.717, 1.165) is 9.66 Å². The van der Waals surface area contributed by atoms with Crippen molar-refractivity contribution in [2.45, 2.75) is 33.2 Å². The van der Waals surface area contributed by atoms with Crippen molar-refractivity contribution in [1.82, 2.24) is 14.8 Å². The summed E-state index contributed by atoms with van der Waals surface area (Å²) in [6.45, 7) is 8.41. The molecule has 0 unspecified atom stereocenters. The Morgan fingerprint density at radius 3 is 2.00 bits per heavy atom. The lowest BCUT2D eigenvalue weighted by Gasteiger charge is -2.22. The molecule has 62 valence electrons. The lowest BCUT2D eigenvalue weighted by atomic mass is 10.1. The quantitative estimate of drug-likeness (QED) is 0.671. The van der Waals surface area contributed by atoms with E-state index < -0.39 is 0 Å². The number of hydrogen-bond donors (Lipinski definition) is 0. The van der Waals surface area contributed by atoms with Gasteiger partial charge in [-0.15, -0.1) is 10.2 Å². The van der Waals surface area contributed by atoms with Crippen LogP contribution >= 0.6 is 22.6 Å². The van der Waals surface area contributed by atoms with Gasteiger partial charge in [0.1, 0.15) is 5.82 Å². The van der Waals surface area contributed by atoms with Crippen LogP contribution in [0.2, 0.25) is 0 Å². The molecule has 0 aliphatic heterocycles. The largest absolute Gasteiger partial charge is 0.301 e. The number of aryl methyl sites for hydroxylation is 1. The van der Waals surface area contributed by atoms with Gasteiger partial charge in [0.05, 0.1) is 0 Å². The molecule has 1 aromatic heterocycles. The highest BCUT2D eigenvalue weighted by Crippen LogP contribution is 2.18. The van der Waals surface area contributed by atoms with E-state index in [1.54, 1.807) is 0 Å². The van der Waals surface area contributed by atoms with Crippen molar-refractivity contribution in [3.05, 3.63) is 9.66 Å². The Labute approximate surface area is 80.3 Å². The van der Waals surface area contributed by atoms with Crippen LogP contribution in [0.3, 0.4) is 0 Å². The zero-order chi connectivity index (χ0) is 8.65. The molecule has 0 aromatic carbocycles. The van der Waals surface area contributed by atoms with Crippen LogP contribution in [0, 0.1) is 10.8 Å². The summed E-state index contributed by atoms with van der Waals surface area (Å²) in [6, 6.07) is 0. The summed E-state index contributed by atoms with van der Waals surface area (Å²) in [7, 11) is 0. The van der Waals surface area contributed by atoms with Gasteiger partial charge in [0.25, 0.3) is 0 Å². The lowest BCUT2D eigenvalue weighted by Crippen LogP contribution is -2.24. The molecule has 0 aliphatic carbocycles. The molecule has 0 atom stereocenters. The second kappa shape index (κ2) is 2.73. The second-order valence-corrected chi connectivity index (χ2v) is 4.49. The zero-order valence-electron chi connectivity index (χ0n) is 7.22. The minimum absolute atomic E-state index is 0.0874. The van der Waals surface area contributed by atoms with Crippen LogP contribution in [0.25, 0.3) is 0 Å². The smallest absolute Gasteiger partial charge is 0.194 e. The van der Waals surface area contributed by atoms with Gasteiger partial charge in [0, 0.05) is 28.1 Å². The first-order valence-corrected chi connectivity index (χ1v) is 4.59. The van der Waals surface area contributed by atoms with Gasteiger partial charge in [-0.3, -0.25) is 0 Å². The highest BCUT2D eigenvalue weighted by atomic mass is 127. The molecule has 0 spiro atoms. The molecule has 3 nitrogen and oxygen atoms in total. The molecule has 0 saturated heterocycles. The van der Waals surface area contributed by atoms with Gasteiger partial charge in [-0.2, -0.15) is 0 Å². The molecule has 0 amide bonds. The summed E-state index contributed by atoms with van der Waals surface area (Å²) < 4.78 is 3.07. The minimum Gasteiger partial charge on any atom is -0.301 e. The first kappa shape index (κ1) is 8.96. The van der Waals surface area contributed by atoms with Crippen molar-refractivity contribution in [2.75, 3.05) is 0 Å². The van der Waals surface area contributed by atoms with Gasteiger partial charge >= 0.3 is 0 Å². The summed E-state index contributed by atoms with van der Waals surface area (Å²) in [6.07, 6.45) is 0. The van der Waals surface area contributed by atoms with E-state index in [9.17, 15) is 0 Å². The molecule has 0 radical (unpaired) electrons. The Balaban J connectivity index is 3.21. The SMILES string of the molecule is Cc1nnc(I)n1C(C)(C)C. The molecule has 4 heteroatoms. The van der Waals surface area contributed by atoms with E-state index >= 15 is 0 Å². The summed E-state index contributed by atoms with van der Waals surface area (Å²) in [5, 5.41) is 7.97. The fourth-order valence-corrected chi connectivity index (χ4v) is 2.28. The summed E-state index contributed by atoms with van der Waals surface area (Å²) in [4.78, 5) is 0. The van der Waals surface area contributed by atoms with E-state index in [0.29, 0.717) is 0 Å². The van der Waals surface area contributed by atoms with Crippen molar-refractivity contribution >= 4 is 22.6 Å². The molecule has 0 saturated carbocycles. The van der Waals surface area contributed by atoms with Crippen LogP contribution in [0.4, 0.5) is 0 Å². The average molecular weight is 265 g/mol. The van der Waals surface area contributed by atoms with Crippen LogP contribution in [0.5, 0.6) is 0 Å². The maximum atomic E-state index is 3.99. The highest BCUT2D eigenvalue weighted by Gasteiger charge is 2.18. The van der Waals surface area contributed by atoms with Crippen LogP contribution < -0.4 is 0 Å². The molecule has 0 aliphatic rings. The van der Waals surface area contributed by atoms with Gasteiger partial charge in [0.2, 0.25) is 0 Å². The number of halogens is 1. The number of hydrogen-bond acceptors (Lipinski definition) is 2. The summed E-state index contributed by atoms with van der Waals surface area (Å²) >= 11 is 2.20. The van der Waals surface area contributed by atoms with Crippen LogP contribution in [0.1, 0.15) is 26.6 Å². The Kier molecular flexibility index (Phi) is 2.22. The summed E-state index contributed by atoms with van der Waals surface area (Å²) in [5.41, 5.74) is 0.0874. The third kappa shape index (κ3) is 1.72. The molecular weight excluding hydrogens is 253 g/mol. The normalized spacial score (nSPS) is 12.1. The maximum absolute atomic E-state index is 3.99. The van der Waals surface area contributed by atoms with Crippen molar-refractivity contribution in [3.8, 4) is 0 Å². The van der Waals surface area contributed by atoms with Gasteiger partial charge in [-0.05, 0) is 27.7 Å². The third-order valence-corrected chi connectivity index (χ3v) is 2.15. The Morgan fingerprint density at radius 1 is 1.27 bits per heavy atom. The number of nitrogens with zero attached hydrogens (tertiary/aromatic N) is 3. The molecule has 1 rings (SSSR count). The zero-order valence-corrected chi connectivity index (χ0v) is 9.38. The topological polar surface area (TPSA) is 30.7 Å². The molecule has 0 bridgehead atoms. The molecule has 1 heterocycles. The maximum Gasteiger partial charge on any atom is 0.194 e. The summed E-state index contributed by atoms with van der Waals surface area (Å²) in [5.74, 6) is 0.974. The van der Waals surface area contributed by atoms with E-state index in [-0.39, 0.29) is 5.54 Å². The van der Waals surface area contributed by atoms with Gasteiger partial charge < -0.3 is 4.57 Å². The van der Waals surface area contributed by atoms with E-state index in [1.165, 1.54) is 0 Å². The van der Waals surface area contributed by atoms with Crippen LogP contribution in [0.15, 0.2) is 0 Å². The highest BCUT2D eigenvalue weighted by molar-refractivity contribution is 14.1. The Hall–Kier alpha value is -0.130. The minimum atomic E-state index is 0.0874. The average Bonchev–Trinajstić information content (AvgIpc) is 2.08. The number of rotatable bonds is 0. The monoisotopic (exact) mass is 265 g/mol. The van der Waals surface area contributed by atoms with Gasteiger partial charge in [-0.1, -0.05) is 0 Å². The van der Waals surface area contributed by atoms with Crippen molar-refractivity contribution in [1.29, 1.82) is 0 Å². The fraction of sp³-hybridized carbons (Fsp3) is 0.714. The molecule has 11 heavy (non-hydrogen) atoms. The predicted octanol–water partition coefficient (Wildman–Crippen LogP) is 1.95. The van der Waals surface area contributed by atoms with Crippen molar-refractivity contribution in [2.24, 2.45) is 0 Å². The third-order valence-electron chi connectivity index (χ3n) is 1.46. The predicted molar refractivity (Wildman–Crippen MR) is 52.5 cm³/mol. The van der Waals surface area contributed by atoms with Crippen LogP contribution in [-0.4, -0.2) is 14.8 Å². The lowest BCUT2D eigenvalue weighted by molar-refractivity contribution is 0.379. The number of aromatic nitrogens is 3. The van der Waals surface area contributed by atoms with E-state index in [1.807, 2.05) is 6.92 Å². The Morgan fingerprint density at radius 2 is 1.82 bits per heavy atom. The first-order valence-electron chi connectivity index (χ1n) is 3.51. The molecular formula is C7H12IN3. The van der Waals surface area contributed by atoms with Gasteiger partial charge in [0.15, 0.2) is 3.83 Å². The van der Waals surface area contributed by atoms with Crippen molar-refractivity contribution in [3.63, 3.8) is 0 Å². The molecule has 1 aromatic rings. The van der Waals surface area contributed by atoms with Crippen molar-refractivity contribution < 1.29 is 0 Å². The standard InChI is InChI=1S/C7H12IN3/c1-5-9-10-6(8)11(5)7(2,3)4/h1-4H3. The second-order valence-electron chi connectivity index (χ2n) is 3.52. The first-order chi connectivity index (χ1) is 4.93. The Bertz CT molecular complexity index is 240. The fourth-order valence-electron chi connectivity index (χ4n) is 1.10. The van der Waals surface area contributed by atoms with Crippen LogP contribution in [-0.2, 0) is 5.54 Å². The molecule has 0 fully saturated rings. The van der Waals surface area contributed by atoms with E-state index in [4.69, 9.17) is 0 Å².